The minimum Gasteiger partial charge on any atom is -0.330 e. The van der Waals surface area contributed by atoms with Crippen molar-refractivity contribution in [2.45, 2.75) is 13.3 Å². The Bertz CT molecular complexity index is 453. The Morgan fingerprint density at radius 1 is 1.64 bits per heavy atom. The van der Waals surface area contributed by atoms with Gasteiger partial charge < -0.3 is 5.73 Å². The third-order valence-electron chi connectivity index (χ3n) is 2.09. The summed E-state index contributed by atoms with van der Waals surface area (Å²) in [4.78, 5) is 5.50. The first kappa shape index (κ1) is 9.43. The van der Waals surface area contributed by atoms with Crippen LogP contribution < -0.4 is 5.73 Å². The number of hydrogen-bond donors (Lipinski definition) is 1. The molecule has 0 saturated heterocycles. The smallest absolute Gasteiger partial charge is 0.194 e. The zero-order chi connectivity index (χ0) is 9.97. The van der Waals surface area contributed by atoms with Crippen molar-refractivity contribution in [2.24, 2.45) is 5.73 Å². The van der Waals surface area contributed by atoms with Gasteiger partial charge in [0.2, 0.25) is 0 Å². The third kappa shape index (κ3) is 1.58. The van der Waals surface area contributed by atoms with Crippen LogP contribution in [0.2, 0.25) is 0 Å². The van der Waals surface area contributed by atoms with Crippen molar-refractivity contribution in [1.29, 1.82) is 0 Å². The molecule has 4 heteroatoms. The molecule has 0 aliphatic carbocycles. The summed E-state index contributed by atoms with van der Waals surface area (Å²) < 4.78 is 2.10. The van der Waals surface area contributed by atoms with Crippen LogP contribution in [0, 0.1) is 6.92 Å². The van der Waals surface area contributed by atoms with Crippen molar-refractivity contribution in [3.63, 3.8) is 0 Å². The molecule has 0 atom stereocenters. The normalized spacial score (nSPS) is 11.9. The summed E-state index contributed by atoms with van der Waals surface area (Å²) in [5.41, 5.74) is 7.66. The first-order chi connectivity index (χ1) is 6.83. The lowest BCUT2D eigenvalue weighted by Gasteiger charge is -1.92. The molecule has 2 N–H and O–H groups in total. The van der Waals surface area contributed by atoms with Crippen LogP contribution in [0.25, 0.3) is 11.0 Å². The fraction of sp³-hybridized carbons (Fsp3) is 0.300. The maximum atomic E-state index is 5.43. The third-order valence-corrected chi connectivity index (χ3v) is 2.85. The van der Waals surface area contributed by atoms with E-state index in [4.69, 9.17) is 5.73 Å². The molecule has 2 aromatic heterocycles. The molecule has 2 aromatic rings. The van der Waals surface area contributed by atoms with Gasteiger partial charge in [0.1, 0.15) is 0 Å². The molecule has 0 aromatic carbocycles. The molecule has 0 saturated carbocycles. The van der Waals surface area contributed by atoms with Gasteiger partial charge in [-0.2, -0.15) is 0 Å². The Morgan fingerprint density at radius 3 is 3.29 bits per heavy atom. The number of imidazole rings is 1. The molecule has 0 radical (unpaired) electrons. The van der Waals surface area contributed by atoms with Crippen molar-refractivity contribution in [3.05, 3.63) is 29.0 Å². The topological polar surface area (TPSA) is 43.3 Å². The fourth-order valence-electron chi connectivity index (χ4n) is 1.40. The van der Waals surface area contributed by atoms with E-state index in [1.54, 1.807) is 11.3 Å². The fourth-order valence-corrected chi connectivity index (χ4v) is 2.17. The van der Waals surface area contributed by atoms with Crippen LogP contribution in [0.1, 0.15) is 17.8 Å². The summed E-state index contributed by atoms with van der Waals surface area (Å²) in [5.74, 6) is 0. The van der Waals surface area contributed by atoms with Crippen LogP contribution >= 0.6 is 11.3 Å². The van der Waals surface area contributed by atoms with Crippen LogP contribution in [0.15, 0.2) is 17.7 Å². The van der Waals surface area contributed by atoms with E-state index in [0.29, 0.717) is 6.54 Å². The molecule has 0 fully saturated rings. The lowest BCUT2D eigenvalue weighted by molar-refractivity contribution is 1.01. The van der Waals surface area contributed by atoms with E-state index < -0.39 is 0 Å². The standard InChI is InChI=1S/C10H13N3S/c1-8-9(4-2-3-5-11)13-6-7-14-10(13)12-8/h2,4,6-7H,3,5,11H2,1H3/b4-2+. The Morgan fingerprint density at radius 2 is 2.50 bits per heavy atom. The summed E-state index contributed by atoms with van der Waals surface area (Å²) in [6.45, 7) is 2.73. The maximum Gasteiger partial charge on any atom is 0.194 e. The molecule has 14 heavy (non-hydrogen) atoms. The van der Waals surface area contributed by atoms with Gasteiger partial charge in [0.15, 0.2) is 4.96 Å². The maximum absolute atomic E-state index is 5.43. The molecular formula is C10H13N3S. The highest BCUT2D eigenvalue weighted by molar-refractivity contribution is 7.15. The van der Waals surface area contributed by atoms with Crippen molar-refractivity contribution in [2.75, 3.05) is 6.54 Å². The number of aryl methyl sites for hydroxylation is 1. The van der Waals surface area contributed by atoms with E-state index >= 15 is 0 Å². The monoisotopic (exact) mass is 207 g/mol. The Balaban J connectivity index is 2.38. The number of nitrogens with two attached hydrogens (primary N) is 1. The lowest BCUT2D eigenvalue weighted by atomic mass is 10.3. The van der Waals surface area contributed by atoms with Gasteiger partial charge >= 0.3 is 0 Å². The van der Waals surface area contributed by atoms with E-state index in [2.05, 4.69) is 21.5 Å². The van der Waals surface area contributed by atoms with Crippen molar-refractivity contribution in [3.8, 4) is 0 Å². The predicted molar refractivity (Wildman–Crippen MR) is 60.5 cm³/mol. The van der Waals surface area contributed by atoms with Crippen LogP contribution in [-0.2, 0) is 0 Å². The van der Waals surface area contributed by atoms with Gasteiger partial charge in [-0.15, -0.1) is 11.3 Å². The highest BCUT2D eigenvalue weighted by Crippen LogP contribution is 2.17. The average molecular weight is 207 g/mol. The molecule has 3 nitrogen and oxygen atoms in total. The minimum atomic E-state index is 0.696. The number of hydrogen-bond acceptors (Lipinski definition) is 3. The molecule has 0 unspecified atom stereocenters. The van der Waals surface area contributed by atoms with E-state index in [1.807, 2.05) is 18.5 Å². The highest BCUT2D eigenvalue weighted by Gasteiger charge is 2.05. The van der Waals surface area contributed by atoms with E-state index in [-0.39, 0.29) is 0 Å². The van der Waals surface area contributed by atoms with Crippen LogP contribution in [-0.4, -0.2) is 15.9 Å². The van der Waals surface area contributed by atoms with E-state index in [1.165, 1.54) is 0 Å². The first-order valence-electron chi connectivity index (χ1n) is 4.61. The summed E-state index contributed by atoms with van der Waals surface area (Å²) in [7, 11) is 0. The lowest BCUT2D eigenvalue weighted by Crippen LogP contribution is -1.95. The number of nitrogens with zero attached hydrogens (tertiary/aromatic N) is 2. The largest absolute Gasteiger partial charge is 0.330 e. The van der Waals surface area contributed by atoms with Gasteiger partial charge in [-0.05, 0) is 26.0 Å². The molecule has 2 rings (SSSR count). The number of rotatable bonds is 3. The number of aromatic nitrogens is 2. The highest BCUT2D eigenvalue weighted by atomic mass is 32.1. The van der Waals surface area contributed by atoms with Gasteiger partial charge in [0.05, 0.1) is 11.4 Å². The second-order valence-electron chi connectivity index (χ2n) is 3.12. The predicted octanol–water partition coefficient (Wildman–Crippen LogP) is 2.07. The Labute approximate surface area is 86.9 Å². The average Bonchev–Trinajstić information content (AvgIpc) is 2.69. The first-order valence-corrected chi connectivity index (χ1v) is 5.49. The van der Waals surface area contributed by atoms with Crippen molar-refractivity contribution in [1.82, 2.24) is 9.38 Å². The van der Waals surface area contributed by atoms with Gasteiger partial charge in [0.25, 0.3) is 0 Å². The number of fused-ring (bicyclic) bond motifs is 1. The minimum absolute atomic E-state index is 0.696. The molecule has 0 aliphatic rings. The Hall–Kier alpha value is -1.13. The van der Waals surface area contributed by atoms with Crippen LogP contribution in [0.4, 0.5) is 0 Å². The van der Waals surface area contributed by atoms with Gasteiger partial charge in [-0.25, -0.2) is 4.98 Å². The Kier molecular flexibility index (Phi) is 2.65. The molecule has 0 bridgehead atoms. The van der Waals surface area contributed by atoms with Crippen molar-refractivity contribution >= 4 is 22.4 Å². The molecule has 2 heterocycles. The van der Waals surface area contributed by atoms with E-state index in [0.717, 1.165) is 22.8 Å². The second-order valence-corrected chi connectivity index (χ2v) is 3.99. The SMILES string of the molecule is Cc1nc2sccn2c1/C=C/CCN. The summed E-state index contributed by atoms with van der Waals surface area (Å²) >= 11 is 1.65. The van der Waals surface area contributed by atoms with Crippen LogP contribution in [0.3, 0.4) is 0 Å². The molecular weight excluding hydrogens is 194 g/mol. The zero-order valence-corrected chi connectivity index (χ0v) is 8.92. The quantitative estimate of drug-likeness (QED) is 0.837. The summed E-state index contributed by atoms with van der Waals surface area (Å²) in [6, 6.07) is 0. The summed E-state index contributed by atoms with van der Waals surface area (Å²) in [6.07, 6.45) is 7.14. The van der Waals surface area contributed by atoms with Crippen LogP contribution in [0.5, 0.6) is 0 Å². The summed E-state index contributed by atoms with van der Waals surface area (Å²) in [5, 5.41) is 2.04. The van der Waals surface area contributed by atoms with Gasteiger partial charge in [-0.3, -0.25) is 4.40 Å². The van der Waals surface area contributed by atoms with Gasteiger partial charge in [0, 0.05) is 11.6 Å². The van der Waals surface area contributed by atoms with Crippen molar-refractivity contribution < 1.29 is 0 Å². The number of thiazole rings is 1. The molecule has 74 valence electrons. The zero-order valence-electron chi connectivity index (χ0n) is 8.10. The molecule has 0 spiro atoms. The molecule has 0 amide bonds. The second kappa shape index (κ2) is 3.94. The van der Waals surface area contributed by atoms with E-state index in [9.17, 15) is 0 Å². The molecule has 0 aliphatic heterocycles. The van der Waals surface area contributed by atoms with Gasteiger partial charge in [-0.1, -0.05) is 6.08 Å².